The standard InChI is InChI=1S/C12H15ClFN3O/c13-11-10(5-7(14)6-16-11)12(18)17-9-3-1-8(15)2-4-9/h5-6,8-9H,1-4,15H2,(H,17,18). The van der Waals surface area contributed by atoms with Crippen LogP contribution in [0.4, 0.5) is 4.39 Å². The molecule has 3 N–H and O–H groups in total. The Hall–Kier alpha value is -1.20. The van der Waals surface area contributed by atoms with Gasteiger partial charge in [-0.15, -0.1) is 0 Å². The van der Waals surface area contributed by atoms with Gasteiger partial charge in [-0.1, -0.05) is 11.6 Å². The number of nitrogens with two attached hydrogens (primary N) is 1. The molecular formula is C12H15ClFN3O. The zero-order valence-electron chi connectivity index (χ0n) is 9.83. The van der Waals surface area contributed by atoms with Crippen molar-refractivity contribution in [3.8, 4) is 0 Å². The van der Waals surface area contributed by atoms with Crippen molar-refractivity contribution in [3.05, 3.63) is 28.8 Å². The number of nitrogens with one attached hydrogen (secondary N) is 1. The van der Waals surface area contributed by atoms with Gasteiger partial charge >= 0.3 is 0 Å². The molecule has 1 saturated carbocycles. The highest BCUT2D eigenvalue weighted by atomic mass is 35.5. The second kappa shape index (κ2) is 5.63. The van der Waals surface area contributed by atoms with Crippen LogP contribution in [0, 0.1) is 5.82 Å². The van der Waals surface area contributed by atoms with Gasteiger partial charge in [0.05, 0.1) is 11.8 Å². The SMILES string of the molecule is NC1CCC(NC(=O)c2cc(F)cnc2Cl)CC1. The molecule has 4 nitrogen and oxygen atoms in total. The molecule has 1 aromatic rings. The van der Waals surface area contributed by atoms with E-state index in [0.29, 0.717) is 0 Å². The Morgan fingerprint density at radius 3 is 2.78 bits per heavy atom. The van der Waals surface area contributed by atoms with Crippen molar-refractivity contribution in [2.24, 2.45) is 5.73 Å². The Balaban J connectivity index is 2.01. The van der Waals surface area contributed by atoms with E-state index in [-0.39, 0.29) is 28.7 Å². The summed E-state index contributed by atoms with van der Waals surface area (Å²) < 4.78 is 13.0. The van der Waals surface area contributed by atoms with E-state index < -0.39 is 5.82 Å². The third kappa shape index (κ3) is 3.17. The van der Waals surface area contributed by atoms with Gasteiger partial charge in [0, 0.05) is 12.1 Å². The number of halogens is 2. The summed E-state index contributed by atoms with van der Waals surface area (Å²) in [6.45, 7) is 0. The van der Waals surface area contributed by atoms with Gasteiger partial charge in [-0.3, -0.25) is 4.79 Å². The highest BCUT2D eigenvalue weighted by Crippen LogP contribution is 2.19. The monoisotopic (exact) mass is 271 g/mol. The van der Waals surface area contributed by atoms with Crippen molar-refractivity contribution in [2.75, 3.05) is 0 Å². The van der Waals surface area contributed by atoms with Crippen molar-refractivity contribution < 1.29 is 9.18 Å². The summed E-state index contributed by atoms with van der Waals surface area (Å²) in [6.07, 6.45) is 4.44. The first-order chi connectivity index (χ1) is 8.56. The Morgan fingerprint density at radius 2 is 2.11 bits per heavy atom. The van der Waals surface area contributed by atoms with Crippen molar-refractivity contribution in [1.29, 1.82) is 0 Å². The molecule has 1 aromatic heterocycles. The molecule has 1 aliphatic carbocycles. The lowest BCUT2D eigenvalue weighted by molar-refractivity contribution is 0.0925. The Bertz CT molecular complexity index is 447. The summed E-state index contributed by atoms with van der Waals surface area (Å²) in [5.41, 5.74) is 5.86. The van der Waals surface area contributed by atoms with E-state index in [1.54, 1.807) is 0 Å². The van der Waals surface area contributed by atoms with Gasteiger partial charge in [-0.25, -0.2) is 9.37 Å². The number of hydrogen-bond acceptors (Lipinski definition) is 3. The second-order valence-corrected chi connectivity index (χ2v) is 4.94. The maximum atomic E-state index is 13.0. The van der Waals surface area contributed by atoms with E-state index in [1.165, 1.54) is 0 Å². The summed E-state index contributed by atoms with van der Waals surface area (Å²) in [6, 6.07) is 1.40. The van der Waals surface area contributed by atoms with E-state index in [4.69, 9.17) is 17.3 Å². The molecule has 0 bridgehead atoms. The minimum absolute atomic E-state index is 0.0152. The maximum absolute atomic E-state index is 13.0. The maximum Gasteiger partial charge on any atom is 0.254 e. The molecule has 1 aliphatic rings. The van der Waals surface area contributed by atoms with E-state index in [1.807, 2.05) is 0 Å². The fraction of sp³-hybridized carbons (Fsp3) is 0.500. The lowest BCUT2D eigenvalue weighted by Gasteiger charge is -2.26. The summed E-state index contributed by atoms with van der Waals surface area (Å²) in [4.78, 5) is 15.5. The topological polar surface area (TPSA) is 68.0 Å². The summed E-state index contributed by atoms with van der Waals surface area (Å²) in [5, 5.41) is 2.85. The number of rotatable bonds is 2. The van der Waals surface area contributed by atoms with Crippen LogP contribution in [0.3, 0.4) is 0 Å². The van der Waals surface area contributed by atoms with Crippen LogP contribution in [0.5, 0.6) is 0 Å². The van der Waals surface area contributed by atoms with Gasteiger partial charge in [0.1, 0.15) is 11.0 Å². The smallest absolute Gasteiger partial charge is 0.254 e. The van der Waals surface area contributed by atoms with Crippen LogP contribution in [-0.4, -0.2) is 23.0 Å². The third-order valence-corrected chi connectivity index (χ3v) is 3.46. The average Bonchev–Trinajstić information content (AvgIpc) is 2.35. The molecule has 0 saturated heterocycles. The fourth-order valence-electron chi connectivity index (χ4n) is 2.11. The first kappa shape index (κ1) is 13.2. The molecule has 1 amide bonds. The molecule has 98 valence electrons. The number of amides is 1. The van der Waals surface area contributed by atoms with Crippen molar-refractivity contribution >= 4 is 17.5 Å². The van der Waals surface area contributed by atoms with Gasteiger partial charge in [0.2, 0.25) is 0 Å². The van der Waals surface area contributed by atoms with Crippen LogP contribution in [-0.2, 0) is 0 Å². The predicted molar refractivity (Wildman–Crippen MR) is 66.9 cm³/mol. The minimum Gasteiger partial charge on any atom is -0.349 e. The third-order valence-electron chi connectivity index (χ3n) is 3.16. The van der Waals surface area contributed by atoms with Crippen molar-refractivity contribution in [3.63, 3.8) is 0 Å². The van der Waals surface area contributed by atoms with Gasteiger partial charge < -0.3 is 11.1 Å². The molecule has 2 rings (SSSR count). The van der Waals surface area contributed by atoms with E-state index in [2.05, 4.69) is 10.3 Å². The molecule has 1 fully saturated rings. The normalized spacial score (nSPS) is 23.7. The van der Waals surface area contributed by atoms with Gasteiger partial charge in [-0.05, 0) is 31.7 Å². The summed E-state index contributed by atoms with van der Waals surface area (Å²) in [5.74, 6) is -0.956. The largest absolute Gasteiger partial charge is 0.349 e. The number of pyridine rings is 1. The fourth-order valence-corrected chi connectivity index (χ4v) is 2.30. The molecule has 18 heavy (non-hydrogen) atoms. The summed E-state index contributed by atoms with van der Waals surface area (Å²) >= 11 is 5.77. The van der Waals surface area contributed by atoms with Crippen LogP contribution in [0.2, 0.25) is 5.15 Å². The zero-order valence-corrected chi connectivity index (χ0v) is 10.6. The molecule has 0 radical (unpaired) electrons. The number of carbonyl (C=O) groups is 1. The second-order valence-electron chi connectivity index (χ2n) is 4.58. The van der Waals surface area contributed by atoms with Crippen LogP contribution < -0.4 is 11.1 Å². The lowest BCUT2D eigenvalue weighted by Crippen LogP contribution is -2.40. The minimum atomic E-state index is -0.574. The van der Waals surface area contributed by atoms with Crippen LogP contribution in [0.15, 0.2) is 12.3 Å². The molecule has 1 heterocycles. The van der Waals surface area contributed by atoms with Crippen LogP contribution >= 0.6 is 11.6 Å². The first-order valence-electron chi connectivity index (χ1n) is 5.93. The number of carbonyl (C=O) groups excluding carboxylic acids is 1. The molecule has 6 heteroatoms. The highest BCUT2D eigenvalue weighted by Gasteiger charge is 2.22. The lowest BCUT2D eigenvalue weighted by atomic mass is 9.91. The van der Waals surface area contributed by atoms with Gasteiger partial charge in [0.25, 0.3) is 5.91 Å². The predicted octanol–water partition coefficient (Wildman–Crippen LogP) is 1.87. The molecule has 0 aromatic carbocycles. The Labute approximate surface area is 110 Å². The molecular weight excluding hydrogens is 257 g/mol. The first-order valence-corrected chi connectivity index (χ1v) is 6.31. The Morgan fingerprint density at radius 1 is 1.44 bits per heavy atom. The van der Waals surface area contributed by atoms with E-state index >= 15 is 0 Å². The van der Waals surface area contributed by atoms with Gasteiger partial charge in [0.15, 0.2) is 0 Å². The van der Waals surface area contributed by atoms with Crippen molar-refractivity contribution in [2.45, 2.75) is 37.8 Å². The molecule has 0 unspecified atom stereocenters. The Kier molecular flexibility index (Phi) is 4.14. The zero-order chi connectivity index (χ0) is 13.1. The highest BCUT2D eigenvalue weighted by molar-refractivity contribution is 6.32. The number of nitrogens with zero attached hydrogens (tertiary/aromatic N) is 1. The molecule has 0 atom stereocenters. The van der Waals surface area contributed by atoms with E-state index in [0.717, 1.165) is 37.9 Å². The van der Waals surface area contributed by atoms with Crippen LogP contribution in [0.25, 0.3) is 0 Å². The van der Waals surface area contributed by atoms with E-state index in [9.17, 15) is 9.18 Å². The number of hydrogen-bond donors (Lipinski definition) is 2. The quantitative estimate of drug-likeness (QED) is 0.807. The van der Waals surface area contributed by atoms with Crippen LogP contribution in [0.1, 0.15) is 36.0 Å². The molecule has 0 spiro atoms. The molecule has 0 aliphatic heterocycles. The van der Waals surface area contributed by atoms with Gasteiger partial charge in [-0.2, -0.15) is 0 Å². The number of aromatic nitrogens is 1. The van der Waals surface area contributed by atoms with Crippen molar-refractivity contribution in [1.82, 2.24) is 10.3 Å². The summed E-state index contributed by atoms with van der Waals surface area (Å²) in [7, 11) is 0. The average molecular weight is 272 g/mol.